The zero-order valence-electron chi connectivity index (χ0n) is 8.40. The third-order valence-corrected chi connectivity index (χ3v) is 1.87. The molecule has 0 fully saturated rings. The first-order valence-electron chi connectivity index (χ1n) is 4.74. The minimum absolute atomic E-state index is 0.194. The van der Waals surface area contributed by atoms with E-state index in [1.54, 1.807) is 25.3 Å². The van der Waals surface area contributed by atoms with Gasteiger partial charge < -0.3 is 14.6 Å². The summed E-state index contributed by atoms with van der Waals surface area (Å²) in [4.78, 5) is 0. The average molecular weight is 196 g/mol. The number of methoxy groups -OCH3 is 1. The van der Waals surface area contributed by atoms with Crippen molar-refractivity contribution in [2.24, 2.45) is 0 Å². The molecule has 1 rings (SSSR count). The van der Waals surface area contributed by atoms with Crippen LogP contribution in [0.4, 0.5) is 0 Å². The van der Waals surface area contributed by atoms with Crippen molar-refractivity contribution in [1.82, 2.24) is 0 Å². The molecule has 0 saturated heterocycles. The van der Waals surface area contributed by atoms with E-state index in [2.05, 4.69) is 0 Å². The molecule has 0 heterocycles. The van der Waals surface area contributed by atoms with E-state index in [0.29, 0.717) is 12.4 Å². The fourth-order valence-electron chi connectivity index (χ4n) is 1.11. The normalized spacial score (nSPS) is 10.1. The smallest absolute Gasteiger partial charge is 0.160 e. The van der Waals surface area contributed by atoms with Gasteiger partial charge in [0.05, 0.1) is 6.61 Å². The zero-order valence-corrected chi connectivity index (χ0v) is 8.40. The summed E-state index contributed by atoms with van der Waals surface area (Å²) in [5, 5.41) is 9.36. The first-order valence-corrected chi connectivity index (χ1v) is 4.74. The van der Waals surface area contributed by atoms with E-state index in [1.165, 1.54) is 0 Å². The van der Waals surface area contributed by atoms with E-state index in [9.17, 15) is 5.11 Å². The van der Waals surface area contributed by atoms with E-state index in [-0.39, 0.29) is 5.75 Å². The topological polar surface area (TPSA) is 38.7 Å². The van der Waals surface area contributed by atoms with Crippen LogP contribution in [0.3, 0.4) is 0 Å². The summed E-state index contributed by atoms with van der Waals surface area (Å²) in [7, 11) is 1.68. The Balaban J connectivity index is 2.21. The summed E-state index contributed by atoms with van der Waals surface area (Å²) in [5.41, 5.74) is 0. The van der Waals surface area contributed by atoms with Gasteiger partial charge in [-0.2, -0.15) is 0 Å². The van der Waals surface area contributed by atoms with Crippen molar-refractivity contribution in [2.45, 2.75) is 12.8 Å². The Morgan fingerprint density at radius 1 is 1.14 bits per heavy atom. The minimum Gasteiger partial charge on any atom is -0.504 e. The number of para-hydroxylation sites is 2. The molecule has 78 valence electrons. The molecule has 3 nitrogen and oxygen atoms in total. The molecule has 0 bridgehead atoms. The fraction of sp³-hybridized carbons (Fsp3) is 0.455. The predicted molar refractivity (Wildman–Crippen MR) is 54.7 cm³/mol. The number of aromatic hydroxyl groups is 1. The molecule has 0 aromatic heterocycles. The molecule has 1 aromatic carbocycles. The lowest BCUT2D eigenvalue weighted by Gasteiger charge is -2.06. The third kappa shape index (κ3) is 3.66. The second kappa shape index (κ2) is 6.27. The number of hydrogen-bond acceptors (Lipinski definition) is 3. The molecule has 0 unspecified atom stereocenters. The number of phenols is 1. The molecule has 0 atom stereocenters. The van der Waals surface area contributed by atoms with Gasteiger partial charge in [0.25, 0.3) is 0 Å². The molecule has 0 saturated carbocycles. The second-order valence-corrected chi connectivity index (χ2v) is 3.02. The van der Waals surface area contributed by atoms with Crippen LogP contribution in [-0.2, 0) is 4.74 Å². The van der Waals surface area contributed by atoms with Crippen molar-refractivity contribution in [3.63, 3.8) is 0 Å². The highest BCUT2D eigenvalue weighted by Crippen LogP contribution is 2.24. The number of benzene rings is 1. The van der Waals surface area contributed by atoms with Crippen LogP contribution in [0.25, 0.3) is 0 Å². The fourth-order valence-corrected chi connectivity index (χ4v) is 1.11. The average Bonchev–Trinajstić information content (AvgIpc) is 2.20. The van der Waals surface area contributed by atoms with Crippen molar-refractivity contribution in [3.8, 4) is 11.5 Å². The van der Waals surface area contributed by atoms with E-state index in [1.807, 2.05) is 6.07 Å². The molecule has 0 radical (unpaired) electrons. The van der Waals surface area contributed by atoms with Gasteiger partial charge in [-0.1, -0.05) is 12.1 Å². The molecular formula is C11H16O3. The molecule has 14 heavy (non-hydrogen) atoms. The largest absolute Gasteiger partial charge is 0.504 e. The predicted octanol–water partition coefficient (Wildman–Crippen LogP) is 2.20. The molecule has 0 aliphatic carbocycles. The monoisotopic (exact) mass is 196 g/mol. The Morgan fingerprint density at radius 2 is 1.86 bits per heavy atom. The molecule has 0 amide bonds. The summed E-state index contributed by atoms with van der Waals surface area (Å²) in [6.45, 7) is 1.37. The maximum atomic E-state index is 9.36. The van der Waals surface area contributed by atoms with Gasteiger partial charge >= 0.3 is 0 Å². The highest BCUT2D eigenvalue weighted by Gasteiger charge is 1.98. The number of ether oxygens (including phenoxy) is 2. The van der Waals surface area contributed by atoms with Crippen molar-refractivity contribution < 1.29 is 14.6 Å². The quantitative estimate of drug-likeness (QED) is 0.709. The Morgan fingerprint density at radius 3 is 2.57 bits per heavy atom. The van der Waals surface area contributed by atoms with E-state index < -0.39 is 0 Å². The number of rotatable bonds is 6. The third-order valence-electron chi connectivity index (χ3n) is 1.87. The van der Waals surface area contributed by atoms with Crippen LogP contribution < -0.4 is 4.74 Å². The molecule has 3 heteroatoms. The summed E-state index contributed by atoms with van der Waals surface area (Å²) in [6, 6.07) is 6.98. The first kappa shape index (κ1) is 10.9. The van der Waals surface area contributed by atoms with Gasteiger partial charge in [-0.3, -0.25) is 0 Å². The lowest BCUT2D eigenvalue weighted by atomic mass is 10.3. The van der Waals surface area contributed by atoms with Crippen molar-refractivity contribution in [2.75, 3.05) is 20.3 Å². The Kier molecular flexibility index (Phi) is 4.86. The second-order valence-electron chi connectivity index (χ2n) is 3.02. The lowest BCUT2D eigenvalue weighted by Crippen LogP contribution is -1.99. The van der Waals surface area contributed by atoms with Crippen molar-refractivity contribution in [1.29, 1.82) is 0 Å². The van der Waals surface area contributed by atoms with Gasteiger partial charge in [0.15, 0.2) is 11.5 Å². The maximum Gasteiger partial charge on any atom is 0.160 e. The Bertz CT molecular complexity index is 260. The summed E-state index contributed by atoms with van der Waals surface area (Å²) in [6.07, 6.45) is 1.91. The van der Waals surface area contributed by atoms with Gasteiger partial charge in [0.1, 0.15) is 0 Å². The van der Waals surface area contributed by atoms with E-state index in [4.69, 9.17) is 9.47 Å². The van der Waals surface area contributed by atoms with Gasteiger partial charge in [0, 0.05) is 13.7 Å². The minimum atomic E-state index is 0.194. The number of phenolic OH excluding ortho intramolecular Hbond substituents is 1. The van der Waals surface area contributed by atoms with Gasteiger partial charge in [0.2, 0.25) is 0 Å². The standard InChI is InChI=1S/C11H16O3/c1-13-8-4-5-9-14-11-7-3-2-6-10(11)12/h2-3,6-7,12H,4-5,8-9H2,1H3. The molecule has 1 N–H and O–H groups in total. The highest BCUT2D eigenvalue weighted by atomic mass is 16.5. The van der Waals surface area contributed by atoms with E-state index in [0.717, 1.165) is 19.4 Å². The first-order chi connectivity index (χ1) is 6.84. The molecule has 0 aliphatic rings. The van der Waals surface area contributed by atoms with Gasteiger partial charge in [-0.15, -0.1) is 0 Å². The van der Waals surface area contributed by atoms with Crippen LogP contribution in [0.15, 0.2) is 24.3 Å². The summed E-state index contributed by atoms with van der Waals surface area (Å²) < 4.78 is 10.3. The number of hydrogen-bond donors (Lipinski definition) is 1. The maximum absolute atomic E-state index is 9.36. The van der Waals surface area contributed by atoms with Crippen LogP contribution in [0, 0.1) is 0 Å². The summed E-state index contributed by atoms with van der Waals surface area (Å²) >= 11 is 0. The van der Waals surface area contributed by atoms with Crippen LogP contribution in [-0.4, -0.2) is 25.4 Å². The van der Waals surface area contributed by atoms with Gasteiger partial charge in [-0.25, -0.2) is 0 Å². The van der Waals surface area contributed by atoms with Crippen LogP contribution >= 0.6 is 0 Å². The molecule has 0 spiro atoms. The van der Waals surface area contributed by atoms with Crippen LogP contribution in [0.5, 0.6) is 11.5 Å². The van der Waals surface area contributed by atoms with Crippen LogP contribution in [0.1, 0.15) is 12.8 Å². The lowest BCUT2D eigenvalue weighted by molar-refractivity contribution is 0.183. The van der Waals surface area contributed by atoms with Crippen molar-refractivity contribution >= 4 is 0 Å². The zero-order chi connectivity index (χ0) is 10.2. The van der Waals surface area contributed by atoms with Crippen LogP contribution in [0.2, 0.25) is 0 Å². The Labute approximate surface area is 84.3 Å². The molecule has 0 aliphatic heterocycles. The number of unbranched alkanes of at least 4 members (excludes halogenated alkanes) is 1. The highest BCUT2D eigenvalue weighted by molar-refractivity contribution is 5.37. The van der Waals surface area contributed by atoms with E-state index >= 15 is 0 Å². The molecular weight excluding hydrogens is 180 g/mol. The summed E-state index contributed by atoms with van der Waals surface area (Å²) in [5.74, 6) is 0.740. The SMILES string of the molecule is COCCCCOc1ccccc1O. The van der Waals surface area contributed by atoms with Gasteiger partial charge in [-0.05, 0) is 25.0 Å². The molecule has 1 aromatic rings. The Hall–Kier alpha value is -1.22. The van der Waals surface area contributed by atoms with Crippen molar-refractivity contribution in [3.05, 3.63) is 24.3 Å².